The summed E-state index contributed by atoms with van der Waals surface area (Å²) in [6.07, 6.45) is 7.86. The number of benzene rings is 2. The molecule has 0 unspecified atom stereocenters. The van der Waals surface area contributed by atoms with Gasteiger partial charge in [0.2, 0.25) is 5.91 Å². The molecule has 2 aliphatic rings. The van der Waals surface area contributed by atoms with E-state index in [1.165, 1.54) is 32.1 Å². The van der Waals surface area contributed by atoms with Gasteiger partial charge >= 0.3 is 0 Å². The monoisotopic (exact) mass is 461 g/mol. The van der Waals surface area contributed by atoms with Crippen molar-refractivity contribution in [2.75, 3.05) is 25.0 Å². The summed E-state index contributed by atoms with van der Waals surface area (Å²) in [5, 5.41) is 6.05. The van der Waals surface area contributed by atoms with E-state index >= 15 is 0 Å². The summed E-state index contributed by atoms with van der Waals surface area (Å²) in [5.74, 6) is 0.205. The molecule has 1 aliphatic heterocycles. The maximum Gasteiger partial charge on any atom is 0.255 e. The van der Waals surface area contributed by atoms with E-state index in [1.807, 2.05) is 25.1 Å². The molecule has 2 fully saturated rings. The first-order valence-corrected chi connectivity index (χ1v) is 12.6. The number of hydrogen-bond acceptors (Lipinski definition) is 3. The number of carbonyl (C=O) groups excluding carboxylic acids is 3. The van der Waals surface area contributed by atoms with Gasteiger partial charge in [0.25, 0.3) is 11.8 Å². The molecule has 1 saturated heterocycles. The Morgan fingerprint density at radius 2 is 1.74 bits per heavy atom. The van der Waals surface area contributed by atoms with Gasteiger partial charge in [0, 0.05) is 36.4 Å². The van der Waals surface area contributed by atoms with Gasteiger partial charge in [0.15, 0.2) is 0 Å². The number of anilines is 1. The molecular formula is C28H35N3O3. The second-order valence-electron chi connectivity index (χ2n) is 9.69. The van der Waals surface area contributed by atoms with E-state index in [-0.39, 0.29) is 23.6 Å². The van der Waals surface area contributed by atoms with Crippen LogP contribution in [0, 0.1) is 18.8 Å². The minimum atomic E-state index is -0.199. The van der Waals surface area contributed by atoms with Crippen LogP contribution in [0.15, 0.2) is 48.5 Å². The Balaban J connectivity index is 1.35. The van der Waals surface area contributed by atoms with Crippen molar-refractivity contribution in [1.82, 2.24) is 10.2 Å². The predicted octanol–water partition coefficient (Wildman–Crippen LogP) is 4.80. The number of likely N-dealkylation sites (tertiary alicyclic amines) is 1. The van der Waals surface area contributed by atoms with Gasteiger partial charge in [-0.3, -0.25) is 14.4 Å². The molecule has 2 aromatic carbocycles. The number of rotatable bonds is 6. The average molecular weight is 462 g/mol. The van der Waals surface area contributed by atoms with Crippen LogP contribution in [0.2, 0.25) is 0 Å². The fourth-order valence-electron chi connectivity index (χ4n) is 5.09. The van der Waals surface area contributed by atoms with Crippen molar-refractivity contribution in [3.05, 3.63) is 65.2 Å². The van der Waals surface area contributed by atoms with Crippen LogP contribution < -0.4 is 10.6 Å². The highest BCUT2D eigenvalue weighted by atomic mass is 16.2. The van der Waals surface area contributed by atoms with Crippen molar-refractivity contribution in [2.24, 2.45) is 11.8 Å². The lowest BCUT2D eigenvalue weighted by atomic mass is 9.89. The number of nitrogens with zero attached hydrogens (tertiary/aromatic N) is 1. The van der Waals surface area contributed by atoms with Gasteiger partial charge in [-0.05, 0) is 68.4 Å². The molecule has 2 N–H and O–H groups in total. The first-order chi connectivity index (χ1) is 16.5. The van der Waals surface area contributed by atoms with Crippen molar-refractivity contribution < 1.29 is 14.4 Å². The van der Waals surface area contributed by atoms with E-state index in [1.54, 1.807) is 35.2 Å². The van der Waals surface area contributed by atoms with Gasteiger partial charge in [0.1, 0.15) is 0 Å². The smallest absolute Gasteiger partial charge is 0.255 e. The molecule has 0 aromatic heterocycles. The second-order valence-corrected chi connectivity index (χ2v) is 9.69. The Morgan fingerprint density at radius 3 is 2.53 bits per heavy atom. The number of carbonyl (C=O) groups is 3. The van der Waals surface area contributed by atoms with Crippen LogP contribution in [-0.4, -0.2) is 42.3 Å². The normalized spacial score (nSPS) is 18.9. The Hall–Kier alpha value is -3.15. The lowest BCUT2D eigenvalue weighted by Gasteiger charge is -2.32. The van der Waals surface area contributed by atoms with Crippen molar-refractivity contribution in [3.8, 4) is 0 Å². The van der Waals surface area contributed by atoms with Crippen LogP contribution in [0.1, 0.15) is 71.2 Å². The minimum Gasteiger partial charge on any atom is -0.356 e. The number of nitrogens with one attached hydrogen (secondary N) is 2. The number of hydrogen-bond donors (Lipinski definition) is 2. The fraction of sp³-hybridized carbons (Fsp3) is 0.464. The van der Waals surface area contributed by atoms with Crippen LogP contribution in [-0.2, 0) is 4.79 Å². The number of piperidine rings is 1. The van der Waals surface area contributed by atoms with E-state index in [2.05, 4.69) is 10.6 Å². The number of aryl methyl sites for hydroxylation is 1. The van der Waals surface area contributed by atoms with Crippen LogP contribution in [0.4, 0.5) is 5.69 Å². The van der Waals surface area contributed by atoms with Crippen molar-refractivity contribution in [2.45, 2.75) is 51.9 Å². The summed E-state index contributed by atoms with van der Waals surface area (Å²) in [5.41, 5.74) is 2.61. The molecule has 180 valence electrons. The van der Waals surface area contributed by atoms with Gasteiger partial charge < -0.3 is 15.5 Å². The SMILES string of the molecule is Cc1ccccc1C(=O)Nc1cccc(C(=O)N2CCC[C@@H](C(=O)NCC3CCCCC3)C2)c1. The molecule has 1 atom stereocenters. The lowest BCUT2D eigenvalue weighted by molar-refractivity contribution is -0.126. The van der Waals surface area contributed by atoms with Gasteiger partial charge in [-0.2, -0.15) is 0 Å². The summed E-state index contributed by atoms with van der Waals surface area (Å²) >= 11 is 0. The molecular weight excluding hydrogens is 426 g/mol. The Bertz CT molecular complexity index is 1030. The Kier molecular flexibility index (Phi) is 7.99. The molecule has 1 heterocycles. The Labute approximate surface area is 202 Å². The third-order valence-corrected chi connectivity index (χ3v) is 7.13. The lowest BCUT2D eigenvalue weighted by Crippen LogP contribution is -2.46. The topological polar surface area (TPSA) is 78.5 Å². The van der Waals surface area contributed by atoms with E-state index in [0.29, 0.717) is 35.8 Å². The average Bonchev–Trinajstić information content (AvgIpc) is 2.88. The largest absolute Gasteiger partial charge is 0.356 e. The summed E-state index contributed by atoms with van der Waals surface area (Å²) < 4.78 is 0. The molecule has 0 spiro atoms. The zero-order chi connectivity index (χ0) is 23.9. The van der Waals surface area contributed by atoms with Crippen molar-refractivity contribution >= 4 is 23.4 Å². The third kappa shape index (κ3) is 6.04. The van der Waals surface area contributed by atoms with Crippen LogP contribution in [0.25, 0.3) is 0 Å². The second kappa shape index (κ2) is 11.3. The molecule has 1 saturated carbocycles. The first kappa shape index (κ1) is 24.0. The molecule has 4 rings (SSSR count). The van der Waals surface area contributed by atoms with Gasteiger partial charge in [0.05, 0.1) is 5.92 Å². The molecule has 3 amide bonds. The van der Waals surface area contributed by atoms with Crippen LogP contribution in [0.3, 0.4) is 0 Å². The van der Waals surface area contributed by atoms with Gasteiger partial charge in [-0.15, -0.1) is 0 Å². The standard InChI is InChI=1S/C28H35N3O3/c1-20-9-5-6-15-25(20)27(33)30-24-14-7-12-22(17-24)28(34)31-16-8-13-23(19-31)26(32)29-18-21-10-3-2-4-11-21/h5-7,9,12,14-15,17,21,23H,2-4,8,10-11,13,16,18-19H2,1H3,(H,29,32)(H,30,33)/t23-/m1/s1. The van der Waals surface area contributed by atoms with E-state index in [9.17, 15) is 14.4 Å². The van der Waals surface area contributed by atoms with Crippen LogP contribution >= 0.6 is 0 Å². The summed E-state index contributed by atoms with van der Waals surface area (Å²) in [6, 6.07) is 14.4. The highest BCUT2D eigenvalue weighted by Gasteiger charge is 2.29. The third-order valence-electron chi connectivity index (χ3n) is 7.13. The molecule has 2 aromatic rings. The molecule has 34 heavy (non-hydrogen) atoms. The maximum absolute atomic E-state index is 13.2. The first-order valence-electron chi connectivity index (χ1n) is 12.6. The summed E-state index contributed by atoms with van der Waals surface area (Å²) in [7, 11) is 0. The zero-order valence-electron chi connectivity index (χ0n) is 20.0. The minimum absolute atomic E-state index is 0.0716. The Morgan fingerprint density at radius 1 is 0.941 bits per heavy atom. The number of amides is 3. The predicted molar refractivity (Wildman–Crippen MR) is 134 cm³/mol. The molecule has 0 radical (unpaired) electrons. The summed E-state index contributed by atoms with van der Waals surface area (Å²) in [4.78, 5) is 40.4. The van der Waals surface area contributed by atoms with Gasteiger partial charge in [-0.1, -0.05) is 43.5 Å². The molecule has 6 nitrogen and oxygen atoms in total. The van der Waals surface area contributed by atoms with Crippen molar-refractivity contribution in [3.63, 3.8) is 0 Å². The van der Waals surface area contributed by atoms with Crippen LogP contribution in [0.5, 0.6) is 0 Å². The molecule has 0 bridgehead atoms. The van der Waals surface area contributed by atoms with Crippen molar-refractivity contribution in [1.29, 1.82) is 0 Å². The highest BCUT2D eigenvalue weighted by molar-refractivity contribution is 6.06. The van der Waals surface area contributed by atoms with E-state index in [0.717, 1.165) is 24.9 Å². The summed E-state index contributed by atoms with van der Waals surface area (Å²) in [6.45, 7) is 3.74. The highest BCUT2D eigenvalue weighted by Crippen LogP contribution is 2.24. The molecule has 1 aliphatic carbocycles. The fourth-order valence-corrected chi connectivity index (χ4v) is 5.09. The van der Waals surface area contributed by atoms with E-state index < -0.39 is 0 Å². The zero-order valence-corrected chi connectivity index (χ0v) is 20.0. The van der Waals surface area contributed by atoms with E-state index in [4.69, 9.17) is 0 Å². The maximum atomic E-state index is 13.2. The molecule has 6 heteroatoms. The quantitative estimate of drug-likeness (QED) is 0.649. The van der Waals surface area contributed by atoms with Gasteiger partial charge in [-0.25, -0.2) is 0 Å².